The van der Waals surface area contributed by atoms with Gasteiger partial charge in [0.2, 0.25) is 5.88 Å². The number of nitrogens with zero attached hydrogens (tertiary/aromatic N) is 3. The Kier molecular flexibility index (Phi) is 7.11. The van der Waals surface area contributed by atoms with Crippen molar-refractivity contribution in [2.45, 2.75) is 0 Å². The average Bonchev–Trinajstić information content (AvgIpc) is 2.81. The highest BCUT2D eigenvalue weighted by molar-refractivity contribution is 5.99. The van der Waals surface area contributed by atoms with Gasteiger partial charge in [-0.3, -0.25) is 14.9 Å². The van der Waals surface area contributed by atoms with Crippen LogP contribution in [0.5, 0.6) is 17.4 Å². The first kappa shape index (κ1) is 22.4. The van der Waals surface area contributed by atoms with E-state index in [0.717, 1.165) is 6.07 Å². The molecule has 32 heavy (non-hydrogen) atoms. The van der Waals surface area contributed by atoms with Gasteiger partial charge in [-0.15, -0.1) is 10.2 Å². The van der Waals surface area contributed by atoms with Crippen LogP contribution >= 0.6 is 0 Å². The lowest BCUT2D eigenvalue weighted by Crippen LogP contribution is -2.28. The van der Waals surface area contributed by atoms with E-state index in [4.69, 9.17) is 14.2 Å². The maximum atomic E-state index is 13.0. The molecule has 1 aromatic heterocycles. The lowest BCUT2D eigenvalue weighted by atomic mass is 10.1. The monoisotopic (exact) mass is 442 g/mol. The molecular weight excluding hydrogens is 423 g/mol. The van der Waals surface area contributed by atoms with Crippen molar-refractivity contribution in [1.29, 1.82) is 0 Å². The number of nitrogens with one attached hydrogen (secondary N) is 1. The van der Waals surface area contributed by atoms with Crippen molar-refractivity contribution in [2.24, 2.45) is 0 Å². The highest BCUT2D eigenvalue weighted by Gasteiger charge is 2.24. The highest BCUT2D eigenvalue weighted by Crippen LogP contribution is 2.34. The fourth-order valence-corrected chi connectivity index (χ4v) is 2.79. The fourth-order valence-electron chi connectivity index (χ4n) is 2.79. The first-order chi connectivity index (χ1) is 15.4. The molecule has 1 N–H and O–H groups in total. The molecular formula is C21H19FN4O6. The van der Waals surface area contributed by atoms with Crippen molar-refractivity contribution in [1.82, 2.24) is 15.5 Å². The molecule has 0 spiro atoms. The third kappa shape index (κ3) is 5.25. The molecule has 11 heteroatoms. The van der Waals surface area contributed by atoms with E-state index in [1.54, 1.807) is 24.3 Å². The molecule has 166 valence electrons. The smallest absolute Gasteiger partial charge is 0.286 e. The molecule has 10 nitrogen and oxygen atoms in total. The predicted octanol–water partition coefficient (Wildman–Crippen LogP) is 3.02. The fraction of sp³-hybridized carbons (Fsp3) is 0.190. The van der Waals surface area contributed by atoms with E-state index in [2.05, 4.69) is 15.5 Å². The van der Waals surface area contributed by atoms with Crippen molar-refractivity contribution in [3.05, 3.63) is 70.0 Å². The van der Waals surface area contributed by atoms with Crippen LogP contribution in [0.4, 0.5) is 10.1 Å². The molecule has 0 fully saturated rings. The number of benzene rings is 2. The van der Waals surface area contributed by atoms with Crippen molar-refractivity contribution in [2.75, 3.05) is 27.4 Å². The number of halogens is 1. The number of hydrogen-bond acceptors (Lipinski definition) is 8. The van der Waals surface area contributed by atoms with Crippen molar-refractivity contribution < 1.29 is 28.3 Å². The van der Waals surface area contributed by atoms with E-state index in [1.807, 2.05) is 0 Å². The van der Waals surface area contributed by atoms with E-state index in [9.17, 15) is 19.3 Å². The Balaban J connectivity index is 1.58. The summed E-state index contributed by atoms with van der Waals surface area (Å²) in [7, 11) is 2.70. The number of nitro benzene ring substituents is 1. The van der Waals surface area contributed by atoms with Crippen molar-refractivity contribution >= 4 is 11.6 Å². The summed E-state index contributed by atoms with van der Waals surface area (Å²) in [6, 6.07) is 11.5. The molecule has 1 amide bonds. The van der Waals surface area contributed by atoms with Crippen LogP contribution in [0.25, 0.3) is 11.3 Å². The lowest BCUT2D eigenvalue weighted by Gasteiger charge is -2.11. The minimum atomic E-state index is -0.675. The summed E-state index contributed by atoms with van der Waals surface area (Å²) in [5, 5.41) is 21.8. The second-order valence-corrected chi connectivity index (χ2v) is 6.35. The first-order valence-corrected chi connectivity index (χ1v) is 9.34. The van der Waals surface area contributed by atoms with Crippen LogP contribution in [0, 0.1) is 15.9 Å². The number of methoxy groups -OCH3 is 2. The zero-order valence-corrected chi connectivity index (χ0v) is 17.2. The minimum Gasteiger partial charge on any atom is -0.493 e. The molecule has 3 rings (SSSR count). The Hall–Kier alpha value is -4.28. The van der Waals surface area contributed by atoms with E-state index < -0.39 is 16.5 Å². The first-order valence-electron chi connectivity index (χ1n) is 9.34. The number of rotatable bonds is 9. The number of carbonyl (C=O) groups excluding carboxylic acids is 1. The van der Waals surface area contributed by atoms with Gasteiger partial charge >= 0.3 is 0 Å². The molecule has 0 saturated heterocycles. The maximum Gasteiger partial charge on any atom is 0.286 e. The molecule has 0 radical (unpaired) electrons. The molecule has 0 atom stereocenters. The molecule has 2 aromatic carbocycles. The van der Waals surface area contributed by atoms with Gasteiger partial charge in [-0.2, -0.15) is 0 Å². The third-order valence-corrected chi connectivity index (χ3v) is 4.36. The number of carbonyl (C=O) groups is 1. The van der Waals surface area contributed by atoms with Crippen LogP contribution in [0.1, 0.15) is 10.4 Å². The zero-order valence-electron chi connectivity index (χ0n) is 17.2. The Morgan fingerprint density at radius 2 is 1.75 bits per heavy atom. The van der Waals surface area contributed by atoms with Crippen LogP contribution in [0.2, 0.25) is 0 Å². The Labute approximate surface area is 182 Å². The number of aromatic nitrogens is 2. The summed E-state index contributed by atoms with van der Waals surface area (Å²) in [5.41, 5.74) is 0.667. The Bertz CT molecular complexity index is 1110. The van der Waals surface area contributed by atoms with Gasteiger partial charge in [-0.1, -0.05) is 0 Å². The Morgan fingerprint density at radius 3 is 2.34 bits per heavy atom. The van der Waals surface area contributed by atoms with E-state index >= 15 is 0 Å². The molecule has 1 heterocycles. The van der Waals surface area contributed by atoms with Crippen LogP contribution in [0.3, 0.4) is 0 Å². The molecule has 0 unspecified atom stereocenters. The summed E-state index contributed by atoms with van der Waals surface area (Å²) in [6.07, 6.45) is 0. The van der Waals surface area contributed by atoms with E-state index in [1.165, 1.54) is 32.4 Å². The molecule has 0 aliphatic rings. The van der Waals surface area contributed by atoms with Gasteiger partial charge < -0.3 is 19.5 Å². The minimum absolute atomic E-state index is 0.0530. The normalized spacial score (nSPS) is 10.3. The molecule has 0 aliphatic carbocycles. The van der Waals surface area contributed by atoms with E-state index in [-0.39, 0.29) is 41.9 Å². The quantitative estimate of drug-likeness (QED) is 0.305. The van der Waals surface area contributed by atoms with Crippen molar-refractivity contribution in [3.63, 3.8) is 0 Å². The van der Waals surface area contributed by atoms with Gasteiger partial charge in [0.05, 0.1) is 37.4 Å². The van der Waals surface area contributed by atoms with Gasteiger partial charge in [0.25, 0.3) is 11.6 Å². The number of ether oxygens (including phenoxy) is 3. The molecule has 0 aliphatic heterocycles. The van der Waals surface area contributed by atoms with Crippen LogP contribution in [-0.2, 0) is 0 Å². The molecule has 3 aromatic rings. The molecule has 0 saturated carbocycles. The number of amides is 1. The SMILES string of the molecule is COc1cc(C(=O)NCCOc2ccc(-c3ccc(F)cc3)nn2)c([N+](=O)[O-])cc1OC. The summed E-state index contributed by atoms with van der Waals surface area (Å²) in [6.45, 7) is 0.114. The molecule has 0 bridgehead atoms. The number of nitro groups is 1. The summed E-state index contributed by atoms with van der Waals surface area (Å²) >= 11 is 0. The van der Waals surface area contributed by atoms with Gasteiger partial charge in [0, 0.05) is 17.7 Å². The van der Waals surface area contributed by atoms with Crippen LogP contribution < -0.4 is 19.5 Å². The lowest BCUT2D eigenvalue weighted by molar-refractivity contribution is -0.385. The predicted molar refractivity (Wildman–Crippen MR) is 111 cm³/mol. The largest absolute Gasteiger partial charge is 0.493 e. The third-order valence-electron chi connectivity index (χ3n) is 4.36. The van der Waals surface area contributed by atoms with E-state index in [0.29, 0.717) is 11.3 Å². The van der Waals surface area contributed by atoms with Gasteiger partial charge in [0.15, 0.2) is 11.5 Å². The second kappa shape index (κ2) is 10.2. The Morgan fingerprint density at radius 1 is 1.06 bits per heavy atom. The second-order valence-electron chi connectivity index (χ2n) is 6.35. The standard InChI is InChI=1S/C21H19FN4O6/c1-30-18-11-15(17(26(28)29)12-19(18)31-2)21(27)23-9-10-32-20-8-7-16(24-25-20)13-3-5-14(22)6-4-13/h3-8,11-12H,9-10H2,1-2H3,(H,23,27). The number of hydrogen-bond donors (Lipinski definition) is 1. The topological polar surface area (TPSA) is 126 Å². The zero-order chi connectivity index (χ0) is 23.1. The van der Waals surface area contributed by atoms with Crippen molar-refractivity contribution in [3.8, 4) is 28.6 Å². The van der Waals surface area contributed by atoms with Gasteiger partial charge in [-0.05, 0) is 30.3 Å². The summed E-state index contributed by atoms with van der Waals surface area (Å²) in [4.78, 5) is 23.1. The van der Waals surface area contributed by atoms with Gasteiger partial charge in [0.1, 0.15) is 18.0 Å². The summed E-state index contributed by atoms with van der Waals surface area (Å²) < 4.78 is 28.6. The van der Waals surface area contributed by atoms with Crippen LogP contribution in [-0.4, -0.2) is 48.4 Å². The maximum absolute atomic E-state index is 13.0. The van der Waals surface area contributed by atoms with Crippen LogP contribution in [0.15, 0.2) is 48.5 Å². The highest BCUT2D eigenvalue weighted by atomic mass is 19.1. The summed E-state index contributed by atoms with van der Waals surface area (Å²) in [5.74, 6) is -0.457. The average molecular weight is 442 g/mol. The van der Waals surface area contributed by atoms with Gasteiger partial charge in [-0.25, -0.2) is 4.39 Å².